The van der Waals surface area contributed by atoms with Crippen molar-refractivity contribution in [3.63, 3.8) is 0 Å². The van der Waals surface area contributed by atoms with E-state index < -0.39 is 0 Å². The molecule has 4 nitrogen and oxygen atoms in total. The first-order chi connectivity index (χ1) is 7.72. The van der Waals surface area contributed by atoms with Crippen LogP contribution in [0.5, 0.6) is 5.75 Å². The minimum absolute atomic E-state index is 0.0140. The minimum Gasteiger partial charge on any atom is -0.493 e. The highest BCUT2D eigenvalue weighted by Gasteiger charge is 2.16. The molecule has 0 aliphatic carbocycles. The van der Waals surface area contributed by atoms with Crippen LogP contribution < -0.4 is 10.5 Å². The zero-order valence-corrected chi connectivity index (χ0v) is 9.40. The van der Waals surface area contributed by atoms with Crippen LogP contribution in [0.25, 0.3) is 0 Å². The summed E-state index contributed by atoms with van der Waals surface area (Å²) in [7, 11) is 1.76. The van der Waals surface area contributed by atoms with Gasteiger partial charge in [0.05, 0.1) is 6.61 Å². The molecule has 1 aromatic carbocycles. The van der Waals surface area contributed by atoms with Crippen LogP contribution in [0.15, 0.2) is 18.2 Å². The molecule has 1 amide bonds. The molecule has 1 aromatic rings. The number of rotatable bonds is 3. The molecular weight excluding hydrogens is 204 g/mol. The Balaban J connectivity index is 2.18. The van der Waals surface area contributed by atoms with Gasteiger partial charge in [0.2, 0.25) is 0 Å². The summed E-state index contributed by atoms with van der Waals surface area (Å²) >= 11 is 0. The summed E-state index contributed by atoms with van der Waals surface area (Å²) in [5.74, 6) is 0.915. The molecule has 0 spiro atoms. The first-order valence-electron chi connectivity index (χ1n) is 5.43. The van der Waals surface area contributed by atoms with Gasteiger partial charge in [-0.3, -0.25) is 4.79 Å². The van der Waals surface area contributed by atoms with Crippen LogP contribution in [-0.2, 0) is 6.42 Å². The molecule has 1 heterocycles. The van der Waals surface area contributed by atoms with Crippen molar-refractivity contribution in [2.75, 3.05) is 26.7 Å². The van der Waals surface area contributed by atoms with Gasteiger partial charge in [0.15, 0.2) is 0 Å². The third-order valence-corrected chi connectivity index (χ3v) is 2.75. The van der Waals surface area contributed by atoms with Crippen LogP contribution in [0.1, 0.15) is 15.9 Å². The number of nitrogens with two attached hydrogens (primary N) is 1. The molecule has 0 unspecified atom stereocenters. The molecule has 86 valence electrons. The summed E-state index contributed by atoms with van der Waals surface area (Å²) in [6, 6.07) is 5.59. The number of likely N-dealkylation sites (N-methyl/N-ethyl adjacent to an activating group) is 1. The van der Waals surface area contributed by atoms with Crippen LogP contribution >= 0.6 is 0 Å². The molecule has 2 N–H and O–H groups in total. The number of carbonyl (C=O) groups excluding carboxylic acids is 1. The van der Waals surface area contributed by atoms with E-state index in [4.69, 9.17) is 10.5 Å². The van der Waals surface area contributed by atoms with E-state index in [0.29, 0.717) is 25.3 Å². The van der Waals surface area contributed by atoms with Crippen molar-refractivity contribution in [1.82, 2.24) is 4.90 Å². The first kappa shape index (κ1) is 11.0. The number of hydrogen-bond acceptors (Lipinski definition) is 3. The highest BCUT2D eigenvalue weighted by molar-refractivity contribution is 5.94. The SMILES string of the molecule is CN(CCN)C(=O)c1ccc2c(c1)CCO2. The average Bonchev–Trinajstić information content (AvgIpc) is 2.75. The number of hydrogen-bond donors (Lipinski definition) is 1. The van der Waals surface area contributed by atoms with Crippen molar-refractivity contribution < 1.29 is 9.53 Å². The predicted octanol–water partition coefficient (Wildman–Crippen LogP) is 0.652. The smallest absolute Gasteiger partial charge is 0.253 e. The van der Waals surface area contributed by atoms with Crippen molar-refractivity contribution >= 4 is 5.91 Å². The Kier molecular flexibility index (Phi) is 3.10. The Morgan fingerprint density at radius 1 is 1.56 bits per heavy atom. The van der Waals surface area contributed by atoms with Crippen LogP contribution in [0.4, 0.5) is 0 Å². The standard InChI is InChI=1S/C12H16N2O2/c1-14(6-5-13)12(15)10-2-3-11-9(8-10)4-7-16-11/h2-3,8H,4-7,13H2,1H3. The molecule has 0 fully saturated rings. The Hall–Kier alpha value is -1.55. The second-order valence-electron chi connectivity index (χ2n) is 3.94. The lowest BCUT2D eigenvalue weighted by molar-refractivity contribution is 0.0799. The summed E-state index contributed by atoms with van der Waals surface area (Å²) in [4.78, 5) is 13.6. The summed E-state index contributed by atoms with van der Waals surface area (Å²) in [5, 5.41) is 0. The molecule has 2 rings (SSSR count). The largest absolute Gasteiger partial charge is 0.493 e. The zero-order valence-electron chi connectivity index (χ0n) is 9.40. The van der Waals surface area contributed by atoms with Crippen LogP contribution in [0, 0.1) is 0 Å². The molecule has 16 heavy (non-hydrogen) atoms. The normalized spacial score (nSPS) is 13.1. The monoisotopic (exact) mass is 220 g/mol. The van der Waals surface area contributed by atoms with Gasteiger partial charge < -0.3 is 15.4 Å². The van der Waals surface area contributed by atoms with Gasteiger partial charge in [-0.2, -0.15) is 0 Å². The summed E-state index contributed by atoms with van der Waals surface area (Å²) in [6.45, 7) is 1.77. The van der Waals surface area contributed by atoms with Crippen LogP contribution in [0.2, 0.25) is 0 Å². The summed E-state index contributed by atoms with van der Waals surface area (Å²) < 4.78 is 5.40. The number of carbonyl (C=O) groups is 1. The number of nitrogens with zero attached hydrogens (tertiary/aromatic N) is 1. The fraction of sp³-hybridized carbons (Fsp3) is 0.417. The summed E-state index contributed by atoms with van der Waals surface area (Å²) in [6.07, 6.45) is 0.886. The van der Waals surface area contributed by atoms with Gasteiger partial charge in [-0.1, -0.05) is 0 Å². The van der Waals surface area contributed by atoms with Gasteiger partial charge in [-0.25, -0.2) is 0 Å². The fourth-order valence-electron chi connectivity index (χ4n) is 1.84. The van der Waals surface area contributed by atoms with Gasteiger partial charge in [0, 0.05) is 32.1 Å². The Labute approximate surface area is 95.0 Å². The molecular formula is C12H16N2O2. The Morgan fingerprint density at radius 3 is 3.12 bits per heavy atom. The fourth-order valence-corrected chi connectivity index (χ4v) is 1.84. The van der Waals surface area contributed by atoms with E-state index >= 15 is 0 Å². The van der Waals surface area contributed by atoms with E-state index in [9.17, 15) is 4.79 Å². The molecule has 4 heteroatoms. The van der Waals surface area contributed by atoms with Crippen molar-refractivity contribution in [3.8, 4) is 5.75 Å². The molecule has 0 saturated heterocycles. The topological polar surface area (TPSA) is 55.6 Å². The molecule has 0 radical (unpaired) electrons. The number of fused-ring (bicyclic) bond motifs is 1. The van der Waals surface area contributed by atoms with E-state index in [0.717, 1.165) is 17.7 Å². The molecule has 0 atom stereocenters. The lowest BCUT2D eigenvalue weighted by Gasteiger charge is -2.16. The second-order valence-corrected chi connectivity index (χ2v) is 3.94. The van der Waals surface area contributed by atoms with Gasteiger partial charge in [0.1, 0.15) is 5.75 Å². The van der Waals surface area contributed by atoms with Gasteiger partial charge >= 0.3 is 0 Å². The summed E-state index contributed by atoms with van der Waals surface area (Å²) in [5.41, 5.74) is 7.25. The maximum absolute atomic E-state index is 12.0. The second kappa shape index (κ2) is 4.53. The van der Waals surface area contributed by atoms with Crippen LogP contribution in [-0.4, -0.2) is 37.6 Å². The number of amides is 1. The van der Waals surface area contributed by atoms with E-state index in [2.05, 4.69) is 0 Å². The van der Waals surface area contributed by atoms with Crippen molar-refractivity contribution in [2.45, 2.75) is 6.42 Å². The highest BCUT2D eigenvalue weighted by atomic mass is 16.5. The molecule has 0 saturated carbocycles. The molecule has 0 aromatic heterocycles. The maximum atomic E-state index is 12.0. The van der Waals surface area contributed by atoms with Crippen LogP contribution in [0.3, 0.4) is 0 Å². The quantitative estimate of drug-likeness (QED) is 0.813. The lowest BCUT2D eigenvalue weighted by Crippen LogP contribution is -2.31. The average molecular weight is 220 g/mol. The third kappa shape index (κ3) is 2.02. The van der Waals surface area contributed by atoms with E-state index in [1.54, 1.807) is 18.0 Å². The maximum Gasteiger partial charge on any atom is 0.253 e. The molecule has 1 aliphatic rings. The van der Waals surface area contributed by atoms with Gasteiger partial charge in [-0.15, -0.1) is 0 Å². The number of benzene rings is 1. The van der Waals surface area contributed by atoms with Gasteiger partial charge in [-0.05, 0) is 23.8 Å². The molecule has 1 aliphatic heterocycles. The van der Waals surface area contributed by atoms with E-state index in [1.165, 1.54) is 0 Å². The molecule has 0 bridgehead atoms. The van der Waals surface area contributed by atoms with E-state index in [-0.39, 0.29) is 5.91 Å². The highest BCUT2D eigenvalue weighted by Crippen LogP contribution is 2.26. The Morgan fingerprint density at radius 2 is 2.38 bits per heavy atom. The van der Waals surface area contributed by atoms with E-state index in [1.807, 2.05) is 12.1 Å². The first-order valence-corrected chi connectivity index (χ1v) is 5.43. The predicted molar refractivity (Wildman–Crippen MR) is 61.7 cm³/mol. The third-order valence-electron chi connectivity index (χ3n) is 2.75. The number of ether oxygens (including phenoxy) is 1. The van der Waals surface area contributed by atoms with Crippen molar-refractivity contribution in [3.05, 3.63) is 29.3 Å². The minimum atomic E-state index is 0.0140. The van der Waals surface area contributed by atoms with Crippen molar-refractivity contribution in [2.24, 2.45) is 5.73 Å². The van der Waals surface area contributed by atoms with Crippen molar-refractivity contribution in [1.29, 1.82) is 0 Å². The van der Waals surface area contributed by atoms with Gasteiger partial charge in [0.25, 0.3) is 5.91 Å². The Bertz CT molecular complexity index is 404. The zero-order chi connectivity index (χ0) is 11.5. The lowest BCUT2D eigenvalue weighted by atomic mass is 10.1.